The molecular weight excluding hydrogens is 260 g/mol. The normalized spacial score (nSPS) is 19.9. The molecule has 2 rings (SSSR count). The van der Waals surface area contributed by atoms with E-state index >= 15 is 0 Å². The van der Waals surface area contributed by atoms with Crippen LogP contribution in [0.3, 0.4) is 0 Å². The van der Waals surface area contributed by atoms with Gasteiger partial charge in [-0.05, 0) is 38.4 Å². The van der Waals surface area contributed by atoms with Gasteiger partial charge in [-0.15, -0.1) is 0 Å². The third-order valence-corrected chi connectivity index (χ3v) is 4.61. The average Bonchev–Trinajstić information content (AvgIpc) is 2.75. The van der Waals surface area contributed by atoms with Gasteiger partial charge in [0.15, 0.2) is 0 Å². The van der Waals surface area contributed by atoms with Gasteiger partial charge in [0.05, 0.1) is 5.60 Å². The zero-order valence-corrected chi connectivity index (χ0v) is 13.6. The zero-order chi connectivity index (χ0) is 15.0. The van der Waals surface area contributed by atoms with Gasteiger partial charge in [0.2, 0.25) is 0 Å². The summed E-state index contributed by atoms with van der Waals surface area (Å²) in [6.07, 6.45) is 10.4. The molecular formula is C18H30N2O. The third-order valence-electron chi connectivity index (χ3n) is 4.61. The largest absolute Gasteiger partial charge is 0.374 e. The van der Waals surface area contributed by atoms with Gasteiger partial charge in [-0.1, -0.05) is 38.7 Å². The van der Waals surface area contributed by atoms with Crippen LogP contribution in [-0.2, 0) is 11.2 Å². The fourth-order valence-electron chi connectivity index (χ4n) is 3.63. The maximum Gasteiger partial charge on any atom is 0.0838 e. The summed E-state index contributed by atoms with van der Waals surface area (Å²) in [5, 5.41) is 3.69. The van der Waals surface area contributed by atoms with Crippen molar-refractivity contribution in [2.24, 2.45) is 0 Å². The number of nitrogens with one attached hydrogen (secondary N) is 1. The van der Waals surface area contributed by atoms with Gasteiger partial charge in [0, 0.05) is 31.0 Å². The van der Waals surface area contributed by atoms with Crippen LogP contribution in [0, 0.1) is 0 Å². The lowest BCUT2D eigenvalue weighted by Gasteiger charge is -2.40. The summed E-state index contributed by atoms with van der Waals surface area (Å²) in [7, 11) is 0. The number of likely N-dealkylation sites (N-methyl/N-ethyl adjacent to an activating group) is 1. The second-order valence-electron chi connectivity index (χ2n) is 6.05. The van der Waals surface area contributed by atoms with Gasteiger partial charge in [-0.25, -0.2) is 0 Å². The summed E-state index contributed by atoms with van der Waals surface area (Å²) in [5.41, 5.74) is 1.14. The molecule has 3 nitrogen and oxygen atoms in total. The Morgan fingerprint density at radius 3 is 2.52 bits per heavy atom. The van der Waals surface area contributed by atoms with E-state index in [2.05, 4.69) is 36.3 Å². The molecule has 0 saturated heterocycles. The maximum atomic E-state index is 6.35. The molecule has 0 aromatic carbocycles. The van der Waals surface area contributed by atoms with Crippen molar-refractivity contribution in [3.8, 4) is 0 Å². The highest BCUT2D eigenvalue weighted by molar-refractivity contribution is 5.08. The van der Waals surface area contributed by atoms with E-state index in [1.165, 1.54) is 38.5 Å². The second kappa shape index (κ2) is 8.50. The molecule has 0 radical (unpaired) electrons. The van der Waals surface area contributed by atoms with Gasteiger partial charge in [0.1, 0.15) is 0 Å². The Morgan fingerprint density at radius 2 is 1.95 bits per heavy atom. The number of aromatic nitrogens is 1. The Morgan fingerprint density at radius 1 is 1.19 bits per heavy atom. The van der Waals surface area contributed by atoms with E-state index in [0.717, 1.165) is 25.3 Å². The van der Waals surface area contributed by atoms with Gasteiger partial charge in [-0.2, -0.15) is 0 Å². The molecule has 1 aromatic rings. The molecule has 0 amide bonds. The van der Waals surface area contributed by atoms with Crippen molar-refractivity contribution in [3.05, 3.63) is 30.1 Å². The molecule has 1 aliphatic carbocycles. The summed E-state index contributed by atoms with van der Waals surface area (Å²) < 4.78 is 6.35. The highest BCUT2D eigenvalue weighted by atomic mass is 16.5. The predicted molar refractivity (Wildman–Crippen MR) is 87.5 cm³/mol. The molecule has 3 heteroatoms. The molecule has 0 aliphatic heterocycles. The first-order valence-electron chi connectivity index (χ1n) is 8.58. The number of rotatable bonds is 7. The lowest BCUT2D eigenvalue weighted by atomic mass is 9.83. The number of ether oxygens (including phenoxy) is 1. The van der Waals surface area contributed by atoms with Crippen molar-refractivity contribution in [1.82, 2.24) is 10.3 Å². The quantitative estimate of drug-likeness (QED) is 0.777. The van der Waals surface area contributed by atoms with Crippen LogP contribution >= 0.6 is 0 Å². The number of nitrogens with zero attached hydrogens (tertiary/aromatic N) is 1. The van der Waals surface area contributed by atoms with Gasteiger partial charge in [-0.3, -0.25) is 4.98 Å². The van der Waals surface area contributed by atoms with E-state index < -0.39 is 0 Å². The molecule has 1 atom stereocenters. The minimum absolute atomic E-state index is 0.0151. The highest BCUT2D eigenvalue weighted by Crippen LogP contribution is 2.34. The van der Waals surface area contributed by atoms with Crippen LogP contribution in [0.2, 0.25) is 0 Å². The monoisotopic (exact) mass is 290 g/mol. The number of hydrogen-bond donors (Lipinski definition) is 1. The standard InChI is InChI=1S/C18H30N2O/c1-3-19-17(15-16-11-7-10-14-20-16)18(21-4-2)12-8-5-6-9-13-18/h7,10-11,14,17,19H,3-6,8-9,12-13,15H2,1-2H3. The minimum Gasteiger partial charge on any atom is -0.374 e. The fraction of sp³-hybridized carbons (Fsp3) is 0.722. The van der Waals surface area contributed by atoms with Crippen molar-refractivity contribution in [1.29, 1.82) is 0 Å². The summed E-state index contributed by atoms with van der Waals surface area (Å²) in [6.45, 7) is 6.08. The Labute approximate surface area is 129 Å². The van der Waals surface area contributed by atoms with Crippen LogP contribution < -0.4 is 5.32 Å². The molecule has 1 saturated carbocycles. The number of hydrogen-bond acceptors (Lipinski definition) is 3. The van der Waals surface area contributed by atoms with E-state index in [1.807, 2.05) is 12.3 Å². The van der Waals surface area contributed by atoms with E-state index in [9.17, 15) is 0 Å². The Hall–Kier alpha value is -0.930. The van der Waals surface area contributed by atoms with Crippen LogP contribution in [0.15, 0.2) is 24.4 Å². The van der Waals surface area contributed by atoms with Crippen LogP contribution in [0.1, 0.15) is 58.1 Å². The lowest BCUT2D eigenvalue weighted by Crippen LogP contribution is -2.53. The topological polar surface area (TPSA) is 34.2 Å². The van der Waals surface area contributed by atoms with Crippen molar-refractivity contribution >= 4 is 0 Å². The first kappa shape index (κ1) is 16.4. The Kier molecular flexibility index (Phi) is 6.65. The molecule has 1 aromatic heterocycles. The molecule has 1 aliphatic rings. The molecule has 1 unspecified atom stereocenters. The SMILES string of the molecule is CCNC(Cc1ccccn1)C1(OCC)CCCCCC1. The zero-order valence-electron chi connectivity index (χ0n) is 13.6. The van der Waals surface area contributed by atoms with E-state index in [1.54, 1.807) is 0 Å². The third kappa shape index (κ3) is 4.52. The van der Waals surface area contributed by atoms with Crippen LogP contribution in [0.4, 0.5) is 0 Å². The minimum atomic E-state index is -0.0151. The summed E-state index contributed by atoms with van der Waals surface area (Å²) in [5.74, 6) is 0. The smallest absolute Gasteiger partial charge is 0.0838 e. The lowest BCUT2D eigenvalue weighted by molar-refractivity contribution is -0.0766. The van der Waals surface area contributed by atoms with Crippen molar-refractivity contribution < 1.29 is 4.74 Å². The average molecular weight is 290 g/mol. The Balaban J connectivity index is 2.18. The van der Waals surface area contributed by atoms with Crippen LogP contribution in [0.5, 0.6) is 0 Å². The van der Waals surface area contributed by atoms with Crippen LogP contribution in [-0.4, -0.2) is 29.8 Å². The molecule has 118 valence electrons. The van der Waals surface area contributed by atoms with Gasteiger partial charge < -0.3 is 10.1 Å². The Bertz CT molecular complexity index is 385. The molecule has 1 N–H and O–H groups in total. The molecule has 1 heterocycles. The summed E-state index contributed by atoms with van der Waals surface area (Å²) in [6, 6.07) is 6.54. The first-order chi connectivity index (χ1) is 10.3. The van der Waals surface area contributed by atoms with Crippen LogP contribution in [0.25, 0.3) is 0 Å². The number of pyridine rings is 1. The van der Waals surface area contributed by atoms with Gasteiger partial charge in [0.25, 0.3) is 0 Å². The van der Waals surface area contributed by atoms with Crippen molar-refractivity contribution in [2.45, 2.75) is 70.4 Å². The fourth-order valence-corrected chi connectivity index (χ4v) is 3.63. The van der Waals surface area contributed by atoms with E-state index in [-0.39, 0.29) is 5.60 Å². The summed E-state index contributed by atoms with van der Waals surface area (Å²) in [4.78, 5) is 4.51. The van der Waals surface area contributed by atoms with Crippen molar-refractivity contribution in [3.63, 3.8) is 0 Å². The molecule has 1 fully saturated rings. The van der Waals surface area contributed by atoms with E-state index in [4.69, 9.17) is 4.74 Å². The molecule has 0 bridgehead atoms. The first-order valence-corrected chi connectivity index (χ1v) is 8.58. The summed E-state index contributed by atoms with van der Waals surface area (Å²) >= 11 is 0. The van der Waals surface area contributed by atoms with Gasteiger partial charge >= 0.3 is 0 Å². The maximum absolute atomic E-state index is 6.35. The van der Waals surface area contributed by atoms with E-state index in [0.29, 0.717) is 6.04 Å². The van der Waals surface area contributed by atoms with Crippen molar-refractivity contribution in [2.75, 3.05) is 13.2 Å². The second-order valence-corrected chi connectivity index (χ2v) is 6.05. The predicted octanol–water partition coefficient (Wildman–Crippen LogP) is 3.73. The molecule has 0 spiro atoms. The molecule has 21 heavy (non-hydrogen) atoms. The highest BCUT2D eigenvalue weighted by Gasteiger charge is 2.39.